The number of benzene rings is 2. The average molecular weight is 416 g/mol. The first kappa shape index (κ1) is 21.4. The zero-order valence-corrected chi connectivity index (χ0v) is 17.5. The molecule has 0 unspecified atom stereocenters. The molecule has 0 N–H and O–H groups in total. The van der Waals surface area contributed by atoms with Crippen LogP contribution in [0.5, 0.6) is 0 Å². The van der Waals surface area contributed by atoms with Crippen molar-refractivity contribution in [3.8, 4) is 0 Å². The Morgan fingerprint density at radius 1 is 0.667 bits per heavy atom. The van der Waals surface area contributed by atoms with Crippen molar-refractivity contribution < 1.29 is 13.5 Å². The second-order valence-electron chi connectivity index (χ2n) is 8.19. The van der Waals surface area contributed by atoms with Gasteiger partial charge < -0.3 is 9.64 Å². The van der Waals surface area contributed by atoms with Crippen molar-refractivity contribution in [1.29, 1.82) is 0 Å². The quantitative estimate of drug-likeness (QED) is 0.690. The normalized spacial score (nSPS) is 19.4. The Kier molecular flexibility index (Phi) is 7.44. The molecule has 0 radical (unpaired) electrons. The van der Waals surface area contributed by atoms with Crippen molar-refractivity contribution in [3.63, 3.8) is 0 Å². The smallest absolute Gasteiger partial charge is 0.123 e. The lowest BCUT2D eigenvalue weighted by atomic mass is 9.96. The van der Waals surface area contributed by atoms with Gasteiger partial charge in [-0.2, -0.15) is 0 Å². The zero-order valence-electron chi connectivity index (χ0n) is 17.5. The highest BCUT2D eigenvalue weighted by molar-refractivity contribution is 5.32. The number of hydrogen-bond donors (Lipinski definition) is 0. The lowest BCUT2D eigenvalue weighted by Crippen LogP contribution is -2.48. The summed E-state index contributed by atoms with van der Waals surface area (Å²) in [4.78, 5) is 7.45. The number of morpholine rings is 1. The number of rotatable bonds is 7. The van der Waals surface area contributed by atoms with Gasteiger partial charge in [0.25, 0.3) is 0 Å². The molecule has 2 aliphatic heterocycles. The Morgan fingerprint density at radius 3 is 1.63 bits per heavy atom. The van der Waals surface area contributed by atoms with E-state index in [0.29, 0.717) is 0 Å². The van der Waals surface area contributed by atoms with Crippen molar-refractivity contribution in [2.24, 2.45) is 0 Å². The lowest BCUT2D eigenvalue weighted by Gasteiger charge is -2.40. The van der Waals surface area contributed by atoms with E-state index >= 15 is 0 Å². The van der Waals surface area contributed by atoms with Crippen LogP contribution in [-0.4, -0.2) is 80.3 Å². The van der Waals surface area contributed by atoms with Crippen molar-refractivity contribution in [1.82, 2.24) is 14.7 Å². The summed E-state index contributed by atoms with van der Waals surface area (Å²) < 4.78 is 32.4. The van der Waals surface area contributed by atoms with Crippen molar-refractivity contribution in [2.45, 2.75) is 12.5 Å². The third-order valence-corrected chi connectivity index (χ3v) is 6.20. The summed E-state index contributed by atoms with van der Waals surface area (Å²) in [7, 11) is 0. The lowest BCUT2D eigenvalue weighted by molar-refractivity contribution is 0.0347. The molecule has 0 amide bonds. The van der Waals surface area contributed by atoms with Crippen LogP contribution in [0.25, 0.3) is 0 Å². The second-order valence-corrected chi connectivity index (χ2v) is 8.19. The first-order chi connectivity index (χ1) is 14.7. The van der Waals surface area contributed by atoms with E-state index in [4.69, 9.17) is 4.74 Å². The molecule has 0 aromatic heterocycles. The maximum absolute atomic E-state index is 13.5. The number of nitrogens with zero attached hydrogens (tertiary/aromatic N) is 3. The molecular formula is C24H31F2N3O. The second kappa shape index (κ2) is 10.4. The highest BCUT2D eigenvalue weighted by atomic mass is 19.1. The van der Waals surface area contributed by atoms with Crippen molar-refractivity contribution in [2.75, 3.05) is 65.6 Å². The van der Waals surface area contributed by atoms with Gasteiger partial charge >= 0.3 is 0 Å². The molecule has 6 heteroatoms. The van der Waals surface area contributed by atoms with E-state index in [9.17, 15) is 8.78 Å². The maximum Gasteiger partial charge on any atom is 0.123 e. The topological polar surface area (TPSA) is 19.0 Å². The van der Waals surface area contributed by atoms with Gasteiger partial charge in [0, 0.05) is 39.3 Å². The molecule has 4 nitrogen and oxygen atoms in total. The minimum atomic E-state index is -0.235. The molecule has 162 valence electrons. The summed E-state index contributed by atoms with van der Waals surface area (Å²) in [5, 5.41) is 0. The van der Waals surface area contributed by atoms with Crippen LogP contribution < -0.4 is 0 Å². The first-order valence-electron chi connectivity index (χ1n) is 11.0. The molecule has 0 aliphatic carbocycles. The van der Waals surface area contributed by atoms with Crippen LogP contribution in [0.3, 0.4) is 0 Å². The van der Waals surface area contributed by atoms with Crippen molar-refractivity contribution in [3.05, 3.63) is 71.3 Å². The van der Waals surface area contributed by atoms with E-state index < -0.39 is 0 Å². The van der Waals surface area contributed by atoms with E-state index in [1.165, 1.54) is 30.7 Å². The predicted molar refractivity (Wildman–Crippen MR) is 115 cm³/mol. The molecule has 0 bridgehead atoms. The van der Waals surface area contributed by atoms with Gasteiger partial charge in [-0.05, 0) is 54.9 Å². The molecule has 2 aromatic carbocycles. The first-order valence-corrected chi connectivity index (χ1v) is 11.0. The molecule has 0 saturated carbocycles. The molecule has 0 spiro atoms. The van der Waals surface area contributed by atoms with E-state index in [1.807, 2.05) is 24.3 Å². The summed E-state index contributed by atoms with van der Waals surface area (Å²) in [6.07, 6.45) is 1.18. The molecule has 4 rings (SSSR count). The fourth-order valence-electron chi connectivity index (χ4n) is 4.49. The van der Waals surface area contributed by atoms with E-state index in [1.54, 1.807) is 0 Å². The van der Waals surface area contributed by atoms with Crippen LogP contribution in [0.1, 0.15) is 23.6 Å². The van der Waals surface area contributed by atoms with Gasteiger partial charge in [0.2, 0.25) is 0 Å². The van der Waals surface area contributed by atoms with Crippen molar-refractivity contribution >= 4 is 0 Å². The zero-order chi connectivity index (χ0) is 20.8. The highest BCUT2D eigenvalue weighted by Gasteiger charge is 2.26. The molecule has 2 fully saturated rings. The van der Waals surface area contributed by atoms with E-state index in [0.717, 1.165) is 76.7 Å². The highest BCUT2D eigenvalue weighted by Crippen LogP contribution is 2.30. The Hall–Kier alpha value is -1.86. The van der Waals surface area contributed by atoms with Gasteiger partial charge in [-0.15, -0.1) is 0 Å². The standard InChI is InChI=1S/C24H31F2N3O/c25-22-6-2-20(3-7-22)24(21-4-8-23(26)9-5-21)29-14-12-27(13-15-29)10-1-11-28-16-18-30-19-17-28/h2-9,24H,1,10-19H2. The minimum absolute atomic E-state index is 0.0155. The Bertz CT molecular complexity index is 725. The van der Waals surface area contributed by atoms with Gasteiger partial charge in [-0.25, -0.2) is 8.78 Å². The molecule has 2 aliphatic rings. The summed E-state index contributed by atoms with van der Waals surface area (Å²) in [6, 6.07) is 13.4. The van der Waals surface area contributed by atoms with Crippen LogP contribution in [-0.2, 0) is 4.74 Å². The third kappa shape index (κ3) is 5.64. The molecule has 2 heterocycles. The maximum atomic E-state index is 13.5. The monoisotopic (exact) mass is 415 g/mol. The largest absolute Gasteiger partial charge is 0.379 e. The molecule has 2 saturated heterocycles. The number of piperazine rings is 1. The summed E-state index contributed by atoms with van der Waals surface area (Å²) in [5.41, 5.74) is 2.09. The summed E-state index contributed by atoms with van der Waals surface area (Å²) >= 11 is 0. The van der Waals surface area contributed by atoms with Gasteiger partial charge in [0.1, 0.15) is 11.6 Å². The van der Waals surface area contributed by atoms with Gasteiger partial charge in [-0.3, -0.25) is 9.80 Å². The molecule has 0 atom stereocenters. The van der Waals surface area contributed by atoms with Crippen LogP contribution >= 0.6 is 0 Å². The van der Waals surface area contributed by atoms with Gasteiger partial charge in [0.15, 0.2) is 0 Å². The summed E-state index contributed by atoms with van der Waals surface area (Å²) in [5.74, 6) is -0.469. The third-order valence-electron chi connectivity index (χ3n) is 6.20. The predicted octanol–water partition coefficient (Wildman–Crippen LogP) is 3.39. The molecular weight excluding hydrogens is 384 g/mol. The Labute approximate surface area is 178 Å². The fourth-order valence-corrected chi connectivity index (χ4v) is 4.49. The fraction of sp³-hybridized carbons (Fsp3) is 0.500. The number of hydrogen-bond acceptors (Lipinski definition) is 4. The Morgan fingerprint density at radius 2 is 1.13 bits per heavy atom. The minimum Gasteiger partial charge on any atom is -0.379 e. The molecule has 30 heavy (non-hydrogen) atoms. The SMILES string of the molecule is Fc1ccc(C(c2ccc(F)cc2)N2CCN(CCCN3CCOCC3)CC2)cc1. The van der Waals surface area contributed by atoms with Crippen LogP contribution in [0.2, 0.25) is 0 Å². The van der Waals surface area contributed by atoms with E-state index in [2.05, 4.69) is 14.7 Å². The van der Waals surface area contributed by atoms with Crippen LogP contribution in [0, 0.1) is 11.6 Å². The van der Waals surface area contributed by atoms with Crippen LogP contribution in [0.15, 0.2) is 48.5 Å². The van der Waals surface area contributed by atoms with Gasteiger partial charge in [-0.1, -0.05) is 24.3 Å². The van der Waals surface area contributed by atoms with Gasteiger partial charge in [0.05, 0.1) is 19.3 Å². The molecule has 2 aromatic rings. The van der Waals surface area contributed by atoms with E-state index in [-0.39, 0.29) is 17.7 Å². The average Bonchev–Trinajstić information content (AvgIpc) is 2.78. The van der Waals surface area contributed by atoms with Crippen LogP contribution in [0.4, 0.5) is 8.78 Å². The Balaban J connectivity index is 1.35. The number of halogens is 2. The number of ether oxygens (including phenoxy) is 1. The summed E-state index contributed by atoms with van der Waals surface area (Å²) in [6.45, 7) is 9.97.